The first kappa shape index (κ1) is 15.9. The maximum absolute atomic E-state index is 14.3. The van der Waals surface area contributed by atoms with Crippen LogP contribution in [0.5, 0.6) is 0 Å². The molecule has 112 valence electrons. The van der Waals surface area contributed by atoms with Gasteiger partial charge in [0.25, 0.3) is 0 Å². The summed E-state index contributed by atoms with van der Waals surface area (Å²) in [6, 6.07) is 5.67. The molecule has 1 aromatic carbocycles. The van der Waals surface area contributed by atoms with Gasteiger partial charge in [-0.1, -0.05) is 35.8 Å². The summed E-state index contributed by atoms with van der Waals surface area (Å²) in [7, 11) is 0. The van der Waals surface area contributed by atoms with Gasteiger partial charge in [0.2, 0.25) is 0 Å². The van der Waals surface area contributed by atoms with Crippen LogP contribution in [-0.2, 0) is 0 Å². The van der Waals surface area contributed by atoms with Gasteiger partial charge in [0.1, 0.15) is 5.82 Å². The summed E-state index contributed by atoms with van der Waals surface area (Å²) >= 11 is 3.31. The number of nitrogens with two attached hydrogens (primary N) is 1. The highest BCUT2D eigenvalue weighted by atomic mass is 79.9. The standard InChI is InChI=1S/C16H24BrFN2/c1-10-6-11(2)12(3)20(9-10)16(8-19)14-5-4-13(17)7-15(14)18/h4-5,7,10-12,16H,6,8-9,19H2,1-3H3. The van der Waals surface area contributed by atoms with Crippen LogP contribution in [0.2, 0.25) is 0 Å². The number of hydrogen-bond donors (Lipinski definition) is 1. The van der Waals surface area contributed by atoms with Gasteiger partial charge in [0.15, 0.2) is 0 Å². The molecule has 2 N–H and O–H groups in total. The molecular formula is C16H24BrFN2. The third-order valence-corrected chi connectivity index (χ3v) is 5.08. The number of rotatable bonds is 3. The highest BCUT2D eigenvalue weighted by Crippen LogP contribution is 2.34. The smallest absolute Gasteiger partial charge is 0.129 e. The molecule has 1 aromatic rings. The van der Waals surface area contributed by atoms with Crippen LogP contribution in [0.4, 0.5) is 4.39 Å². The Bertz CT molecular complexity index is 466. The average Bonchev–Trinajstić information content (AvgIpc) is 2.38. The minimum atomic E-state index is -0.173. The number of nitrogens with zero attached hydrogens (tertiary/aromatic N) is 1. The highest BCUT2D eigenvalue weighted by molar-refractivity contribution is 9.10. The third-order valence-electron chi connectivity index (χ3n) is 4.59. The van der Waals surface area contributed by atoms with Gasteiger partial charge >= 0.3 is 0 Å². The normalized spacial score (nSPS) is 29.4. The molecule has 4 atom stereocenters. The van der Waals surface area contributed by atoms with E-state index < -0.39 is 0 Å². The molecule has 2 rings (SSSR count). The van der Waals surface area contributed by atoms with E-state index in [0.717, 1.165) is 11.0 Å². The van der Waals surface area contributed by atoms with Crippen LogP contribution in [0, 0.1) is 17.7 Å². The molecule has 4 unspecified atom stereocenters. The van der Waals surface area contributed by atoms with E-state index in [1.807, 2.05) is 12.1 Å². The maximum Gasteiger partial charge on any atom is 0.129 e. The van der Waals surface area contributed by atoms with Crippen molar-refractivity contribution in [3.8, 4) is 0 Å². The van der Waals surface area contributed by atoms with Crippen molar-refractivity contribution in [1.29, 1.82) is 0 Å². The van der Waals surface area contributed by atoms with Crippen LogP contribution in [0.1, 0.15) is 38.8 Å². The number of likely N-dealkylation sites (tertiary alicyclic amines) is 1. The van der Waals surface area contributed by atoms with E-state index in [2.05, 4.69) is 41.6 Å². The summed E-state index contributed by atoms with van der Waals surface area (Å²) in [5.41, 5.74) is 6.69. The number of benzene rings is 1. The maximum atomic E-state index is 14.3. The van der Waals surface area contributed by atoms with Crippen molar-refractivity contribution in [2.45, 2.75) is 39.3 Å². The van der Waals surface area contributed by atoms with E-state index in [-0.39, 0.29) is 11.9 Å². The van der Waals surface area contributed by atoms with Gasteiger partial charge in [-0.25, -0.2) is 4.39 Å². The zero-order chi connectivity index (χ0) is 14.9. The molecule has 1 aliphatic rings. The Morgan fingerprint density at radius 3 is 2.70 bits per heavy atom. The van der Waals surface area contributed by atoms with Gasteiger partial charge in [0, 0.05) is 29.2 Å². The van der Waals surface area contributed by atoms with Crippen LogP contribution < -0.4 is 5.73 Å². The molecule has 4 heteroatoms. The van der Waals surface area contributed by atoms with Crippen molar-refractivity contribution in [1.82, 2.24) is 4.90 Å². The molecule has 1 aliphatic heterocycles. The van der Waals surface area contributed by atoms with Crippen molar-refractivity contribution >= 4 is 15.9 Å². The minimum Gasteiger partial charge on any atom is -0.329 e. The second-order valence-corrected chi connectivity index (χ2v) is 7.09. The number of piperidine rings is 1. The summed E-state index contributed by atoms with van der Waals surface area (Å²) in [5, 5.41) is 0. The Morgan fingerprint density at radius 2 is 2.10 bits per heavy atom. The monoisotopic (exact) mass is 342 g/mol. The first-order valence-electron chi connectivity index (χ1n) is 7.34. The molecular weight excluding hydrogens is 319 g/mol. The fourth-order valence-electron chi connectivity index (χ4n) is 3.38. The van der Waals surface area contributed by atoms with Gasteiger partial charge in [-0.2, -0.15) is 0 Å². The molecule has 0 saturated carbocycles. The zero-order valence-electron chi connectivity index (χ0n) is 12.4. The molecule has 0 aliphatic carbocycles. The van der Waals surface area contributed by atoms with Crippen molar-refractivity contribution in [3.63, 3.8) is 0 Å². The SMILES string of the molecule is CC1CC(C)C(C)N(C(CN)c2ccc(Br)cc2F)C1. The zero-order valence-corrected chi connectivity index (χ0v) is 14.0. The van der Waals surface area contributed by atoms with Crippen LogP contribution in [0.25, 0.3) is 0 Å². The Kier molecular flexibility index (Phi) is 5.21. The van der Waals surface area contributed by atoms with Crippen molar-refractivity contribution < 1.29 is 4.39 Å². The van der Waals surface area contributed by atoms with Gasteiger partial charge in [-0.15, -0.1) is 0 Å². The fourth-order valence-corrected chi connectivity index (χ4v) is 3.72. The van der Waals surface area contributed by atoms with E-state index in [4.69, 9.17) is 5.73 Å². The van der Waals surface area contributed by atoms with Crippen molar-refractivity contribution in [2.24, 2.45) is 17.6 Å². The lowest BCUT2D eigenvalue weighted by atomic mass is 9.84. The summed E-state index contributed by atoms with van der Waals surface area (Å²) < 4.78 is 15.0. The van der Waals surface area contributed by atoms with E-state index in [0.29, 0.717) is 30.0 Å². The third kappa shape index (κ3) is 3.23. The highest BCUT2D eigenvalue weighted by Gasteiger charge is 2.34. The topological polar surface area (TPSA) is 29.3 Å². The molecule has 0 aromatic heterocycles. The largest absolute Gasteiger partial charge is 0.329 e. The lowest BCUT2D eigenvalue weighted by molar-refractivity contribution is 0.0412. The van der Waals surface area contributed by atoms with Crippen LogP contribution >= 0.6 is 15.9 Å². The Balaban J connectivity index is 2.31. The van der Waals surface area contributed by atoms with E-state index in [1.165, 1.54) is 12.5 Å². The minimum absolute atomic E-state index is 0.0386. The Morgan fingerprint density at radius 1 is 1.40 bits per heavy atom. The van der Waals surface area contributed by atoms with Crippen molar-refractivity contribution in [2.75, 3.05) is 13.1 Å². The molecule has 1 heterocycles. The van der Waals surface area contributed by atoms with Crippen LogP contribution in [0.3, 0.4) is 0 Å². The molecule has 0 spiro atoms. The first-order valence-corrected chi connectivity index (χ1v) is 8.14. The van der Waals surface area contributed by atoms with Gasteiger partial charge in [-0.3, -0.25) is 4.90 Å². The Labute approximate surface area is 129 Å². The van der Waals surface area contributed by atoms with Gasteiger partial charge in [0.05, 0.1) is 6.04 Å². The second kappa shape index (κ2) is 6.54. The lowest BCUT2D eigenvalue weighted by Crippen LogP contribution is -2.49. The fraction of sp³-hybridized carbons (Fsp3) is 0.625. The van der Waals surface area contributed by atoms with E-state index >= 15 is 0 Å². The summed E-state index contributed by atoms with van der Waals surface area (Å²) in [6.45, 7) is 8.21. The predicted octanol–water partition coefficient (Wildman–Crippen LogP) is 3.95. The Hall–Kier alpha value is -0.450. The summed E-state index contributed by atoms with van der Waals surface area (Å²) in [6.07, 6.45) is 1.23. The van der Waals surface area contributed by atoms with Crippen LogP contribution in [0.15, 0.2) is 22.7 Å². The molecule has 0 amide bonds. The number of hydrogen-bond acceptors (Lipinski definition) is 2. The molecule has 0 bridgehead atoms. The van der Waals surface area contributed by atoms with Crippen molar-refractivity contribution in [3.05, 3.63) is 34.1 Å². The first-order chi connectivity index (χ1) is 9.43. The summed E-state index contributed by atoms with van der Waals surface area (Å²) in [5.74, 6) is 1.08. The van der Waals surface area contributed by atoms with Gasteiger partial charge in [-0.05, 0) is 37.3 Å². The van der Waals surface area contributed by atoms with Crippen LogP contribution in [-0.4, -0.2) is 24.0 Å². The molecule has 1 fully saturated rings. The summed E-state index contributed by atoms with van der Waals surface area (Å²) in [4.78, 5) is 2.38. The predicted molar refractivity (Wildman–Crippen MR) is 85.0 cm³/mol. The average molecular weight is 343 g/mol. The van der Waals surface area contributed by atoms with E-state index in [1.54, 1.807) is 0 Å². The number of halogens is 2. The quantitative estimate of drug-likeness (QED) is 0.900. The van der Waals surface area contributed by atoms with E-state index in [9.17, 15) is 4.39 Å². The molecule has 2 nitrogen and oxygen atoms in total. The molecule has 1 saturated heterocycles. The lowest BCUT2D eigenvalue weighted by Gasteiger charge is -2.45. The molecule has 0 radical (unpaired) electrons. The molecule has 20 heavy (non-hydrogen) atoms. The second-order valence-electron chi connectivity index (χ2n) is 6.17. The van der Waals surface area contributed by atoms with Gasteiger partial charge < -0.3 is 5.73 Å².